The topological polar surface area (TPSA) is 38.8 Å². The molecule has 0 saturated carbocycles. The van der Waals surface area contributed by atoms with Gasteiger partial charge in [0.25, 0.3) is 0 Å². The molecule has 4 nitrogen and oxygen atoms in total. The molecule has 18 heavy (non-hydrogen) atoms. The molecule has 2 aliphatic rings. The van der Waals surface area contributed by atoms with Crippen molar-refractivity contribution in [3.63, 3.8) is 0 Å². The van der Waals surface area contributed by atoms with Crippen molar-refractivity contribution >= 4 is 5.91 Å². The first-order chi connectivity index (χ1) is 8.74. The molecule has 0 N–H and O–H groups in total. The number of nitrogens with zero attached hydrogens (tertiary/aromatic N) is 1. The zero-order valence-electron chi connectivity index (χ0n) is 10.7. The quantitative estimate of drug-likeness (QED) is 0.749. The Morgan fingerprint density at radius 2 is 1.94 bits per heavy atom. The third-order valence-corrected chi connectivity index (χ3v) is 3.91. The number of hydrogen-bond donors (Lipinski definition) is 0. The van der Waals surface area contributed by atoms with Crippen LogP contribution in [0.15, 0.2) is 12.1 Å². The minimum atomic E-state index is 0.245. The van der Waals surface area contributed by atoms with Gasteiger partial charge in [-0.2, -0.15) is 0 Å². The molecule has 1 atom stereocenters. The van der Waals surface area contributed by atoms with Gasteiger partial charge in [0.1, 0.15) is 0 Å². The molecular weight excluding hydrogens is 230 g/mol. The number of amides is 1. The Balaban J connectivity index is 2.06. The summed E-state index contributed by atoms with van der Waals surface area (Å²) in [7, 11) is 3.30. The monoisotopic (exact) mass is 247 g/mol. The predicted molar refractivity (Wildman–Crippen MR) is 66.9 cm³/mol. The first-order valence-corrected chi connectivity index (χ1v) is 6.29. The molecule has 0 spiro atoms. The lowest BCUT2D eigenvalue weighted by molar-refractivity contribution is -0.146. The lowest BCUT2D eigenvalue weighted by atomic mass is 9.91. The van der Waals surface area contributed by atoms with E-state index >= 15 is 0 Å². The van der Waals surface area contributed by atoms with E-state index in [1.54, 1.807) is 14.2 Å². The molecule has 0 radical (unpaired) electrons. The van der Waals surface area contributed by atoms with Crippen LogP contribution in [0.2, 0.25) is 0 Å². The second-order valence-electron chi connectivity index (χ2n) is 4.82. The number of aryl methyl sites for hydroxylation is 1. The first kappa shape index (κ1) is 11.4. The average molecular weight is 247 g/mol. The van der Waals surface area contributed by atoms with Crippen LogP contribution in [0.4, 0.5) is 0 Å². The molecule has 0 bridgehead atoms. The second kappa shape index (κ2) is 4.19. The van der Waals surface area contributed by atoms with Gasteiger partial charge in [-0.15, -0.1) is 0 Å². The van der Waals surface area contributed by atoms with Gasteiger partial charge < -0.3 is 14.4 Å². The SMILES string of the molecule is COc1cc2c(cc1OC)C1CC(=O)N1CCC2. The normalized spacial score (nSPS) is 21.6. The van der Waals surface area contributed by atoms with Crippen LogP contribution in [-0.2, 0) is 11.2 Å². The highest BCUT2D eigenvalue weighted by Gasteiger charge is 2.39. The summed E-state index contributed by atoms with van der Waals surface area (Å²) in [4.78, 5) is 13.5. The lowest BCUT2D eigenvalue weighted by Gasteiger charge is -2.40. The van der Waals surface area contributed by atoms with Crippen LogP contribution in [0.5, 0.6) is 11.5 Å². The van der Waals surface area contributed by atoms with Crippen molar-refractivity contribution in [2.75, 3.05) is 20.8 Å². The van der Waals surface area contributed by atoms with Crippen LogP contribution < -0.4 is 9.47 Å². The molecule has 96 valence electrons. The molecular formula is C14H17NO3. The molecule has 2 heterocycles. The van der Waals surface area contributed by atoms with Gasteiger partial charge in [-0.05, 0) is 36.1 Å². The van der Waals surface area contributed by atoms with E-state index in [1.165, 1.54) is 11.1 Å². The number of β-lactam (4-membered cyclic amide) rings is 1. The molecule has 1 unspecified atom stereocenters. The summed E-state index contributed by atoms with van der Waals surface area (Å²) in [5, 5.41) is 0. The number of rotatable bonds is 2. The highest BCUT2D eigenvalue weighted by Crippen LogP contribution is 2.43. The molecule has 1 aromatic carbocycles. The van der Waals surface area contributed by atoms with E-state index in [2.05, 4.69) is 6.07 Å². The van der Waals surface area contributed by atoms with E-state index in [0.29, 0.717) is 6.42 Å². The first-order valence-electron chi connectivity index (χ1n) is 6.29. The smallest absolute Gasteiger partial charge is 0.225 e. The van der Waals surface area contributed by atoms with Crippen LogP contribution in [0.25, 0.3) is 0 Å². The van der Waals surface area contributed by atoms with E-state index in [1.807, 2.05) is 11.0 Å². The van der Waals surface area contributed by atoms with Crippen molar-refractivity contribution in [1.82, 2.24) is 4.90 Å². The van der Waals surface area contributed by atoms with E-state index < -0.39 is 0 Å². The average Bonchev–Trinajstić information content (AvgIpc) is 2.53. The maximum absolute atomic E-state index is 11.6. The van der Waals surface area contributed by atoms with Gasteiger partial charge in [0, 0.05) is 6.54 Å². The number of benzene rings is 1. The fourth-order valence-corrected chi connectivity index (χ4v) is 2.92. The number of methoxy groups -OCH3 is 2. The maximum atomic E-state index is 11.6. The van der Waals surface area contributed by atoms with Crippen LogP contribution in [-0.4, -0.2) is 31.6 Å². The Labute approximate surface area is 106 Å². The number of carbonyl (C=O) groups excluding carboxylic acids is 1. The lowest BCUT2D eigenvalue weighted by Crippen LogP contribution is -2.46. The molecule has 0 aliphatic carbocycles. The molecule has 1 saturated heterocycles. The molecule has 0 aromatic heterocycles. The summed E-state index contributed by atoms with van der Waals surface area (Å²) in [5.41, 5.74) is 2.51. The fraction of sp³-hybridized carbons (Fsp3) is 0.500. The highest BCUT2D eigenvalue weighted by molar-refractivity contribution is 5.84. The van der Waals surface area contributed by atoms with Crippen molar-refractivity contribution < 1.29 is 14.3 Å². The molecule has 1 amide bonds. The van der Waals surface area contributed by atoms with Crippen molar-refractivity contribution in [2.45, 2.75) is 25.3 Å². The summed E-state index contributed by atoms with van der Waals surface area (Å²) in [5.74, 6) is 1.79. The summed E-state index contributed by atoms with van der Waals surface area (Å²) >= 11 is 0. The van der Waals surface area contributed by atoms with Gasteiger partial charge in [0.2, 0.25) is 5.91 Å². The van der Waals surface area contributed by atoms with Crippen molar-refractivity contribution in [1.29, 1.82) is 0 Å². The summed E-state index contributed by atoms with van der Waals surface area (Å²) < 4.78 is 10.7. The number of carbonyl (C=O) groups is 1. The van der Waals surface area contributed by atoms with Crippen LogP contribution in [0, 0.1) is 0 Å². The number of fused-ring (bicyclic) bond motifs is 3. The van der Waals surface area contributed by atoms with Crippen molar-refractivity contribution in [3.05, 3.63) is 23.3 Å². The van der Waals surface area contributed by atoms with Gasteiger partial charge in [0.15, 0.2) is 11.5 Å². The Morgan fingerprint density at radius 1 is 1.22 bits per heavy atom. The Kier molecular flexibility index (Phi) is 2.65. The predicted octanol–water partition coefficient (Wildman–Crippen LogP) is 1.92. The van der Waals surface area contributed by atoms with E-state index in [0.717, 1.165) is 30.9 Å². The number of hydrogen-bond acceptors (Lipinski definition) is 3. The minimum Gasteiger partial charge on any atom is -0.493 e. The largest absolute Gasteiger partial charge is 0.493 e. The van der Waals surface area contributed by atoms with Crippen molar-refractivity contribution in [2.24, 2.45) is 0 Å². The zero-order chi connectivity index (χ0) is 12.7. The summed E-state index contributed by atoms with van der Waals surface area (Å²) in [6.07, 6.45) is 2.64. The molecule has 2 aliphatic heterocycles. The van der Waals surface area contributed by atoms with Crippen LogP contribution >= 0.6 is 0 Å². The molecule has 3 rings (SSSR count). The highest BCUT2D eigenvalue weighted by atomic mass is 16.5. The Hall–Kier alpha value is -1.71. The van der Waals surface area contributed by atoms with E-state index in [9.17, 15) is 4.79 Å². The molecule has 1 fully saturated rings. The van der Waals surface area contributed by atoms with E-state index in [4.69, 9.17) is 9.47 Å². The van der Waals surface area contributed by atoms with Gasteiger partial charge in [-0.25, -0.2) is 0 Å². The third-order valence-electron chi connectivity index (χ3n) is 3.91. The Bertz CT molecular complexity index is 498. The standard InChI is InChI=1S/C14H17NO3/c1-17-12-6-9-4-3-5-15-11(8-14(15)16)10(9)7-13(12)18-2/h6-7,11H,3-5,8H2,1-2H3. The van der Waals surface area contributed by atoms with Gasteiger partial charge in [0.05, 0.1) is 26.7 Å². The van der Waals surface area contributed by atoms with Crippen LogP contribution in [0.1, 0.15) is 30.0 Å². The zero-order valence-corrected chi connectivity index (χ0v) is 10.7. The fourth-order valence-electron chi connectivity index (χ4n) is 2.92. The van der Waals surface area contributed by atoms with Crippen molar-refractivity contribution in [3.8, 4) is 11.5 Å². The summed E-state index contributed by atoms with van der Waals surface area (Å²) in [6.45, 7) is 0.864. The van der Waals surface area contributed by atoms with Gasteiger partial charge >= 0.3 is 0 Å². The third kappa shape index (κ3) is 1.55. The Morgan fingerprint density at radius 3 is 2.61 bits per heavy atom. The second-order valence-corrected chi connectivity index (χ2v) is 4.82. The number of ether oxygens (including phenoxy) is 2. The molecule has 1 aromatic rings. The minimum absolute atomic E-state index is 0.245. The van der Waals surface area contributed by atoms with Gasteiger partial charge in [-0.1, -0.05) is 0 Å². The maximum Gasteiger partial charge on any atom is 0.225 e. The van der Waals surface area contributed by atoms with Gasteiger partial charge in [-0.3, -0.25) is 4.79 Å². The van der Waals surface area contributed by atoms with E-state index in [-0.39, 0.29) is 11.9 Å². The van der Waals surface area contributed by atoms with Crippen LogP contribution in [0.3, 0.4) is 0 Å². The summed E-state index contributed by atoms with van der Waals surface area (Å²) in [6, 6.07) is 4.33. The molecule has 4 heteroatoms.